The van der Waals surface area contributed by atoms with Crippen LogP contribution in [0, 0.1) is 0 Å². The zero-order valence-corrected chi connectivity index (χ0v) is 21.8. The topological polar surface area (TPSA) is 87.7 Å². The first kappa shape index (κ1) is 25.9. The molecule has 7 nitrogen and oxygen atoms in total. The van der Waals surface area contributed by atoms with E-state index in [0.717, 1.165) is 11.3 Å². The third-order valence-corrected chi connectivity index (χ3v) is 7.84. The lowest BCUT2D eigenvalue weighted by molar-refractivity contribution is -0.164. The molecule has 0 spiro atoms. The average Bonchev–Trinajstić information content (AvgIpc) is 3.10. The molecule has 0 saturated carbocycles. The molecule has 3 unspecified atom stereocenters. The van der Waals surface area contributed by atoms with Gasteiger partial charge in [-0.3, -0.25) is 9.59 Å². The molecule has 0 radical (unpaired) electrons. The Bertz CT molecular complexity index is 1090. The number of anilines is 1. The molecule has 2 fully saturated rings. The zero-order valence-electron chi connectivity index (χ0n) is 18.7. The molecule has 2 heterocycles. The number of para-hydroxylation sites is 1. The summed E-state index contributed by atoms with van der Waals surface area (Å²) < 4.78 is 2.74. The lowest BCUT2D eigenvalue weighted by Crippen LogP contribution is -2.71. The third-order valence-electron chi connectivity index (χ3n) is 5.87. The molecule has 2 saturated heterocycles. The van der Waals surface area contributed by atoms with Crippen molar-refractivity contribution in [3.63, 3.8) is 0 Å². The molecule has 0 bridgehead atoms. The van der Waals surface area contributed by atoms with Gasteiger partial charge in [-0.2, -0.15) is 0 Å². The Hall–Kier alpha value is -2.13. The molecule has 186 valence electrons. The van der Waals surface area contributed by atoms with Crippen molar-refractivity contribution in [3.05, 3.63) is 66.2 Å². The number of alkyl halides is 3. The van der Waals surface area contributed by atoms with Crippen molar-refractivity contribution in [1.82, 2.24) is 10.2 Å². The molecule has 0 aromatic heterocycles. The first-order chi connectivity index (χ1) is 16.6. The number of hydrogen-bond donors (Lipinski definition) is 2. The molecule has 2 aromatic rings. The fourth-order valence-corrected chi connectivity index (χ4v) is 6.09. The quantitative estimate of drug-likeness (QED) is 0.292. The van der Waals surface area contributed by atoms with Crippen LogP contribution in [-0.4, -0.2) is 61.8 Å². The summed E-state index contributed by atoms with van der Waals surface area (Å²) in [6.45, 7) is 1.80. The molecule has 0 aliphatic carbocycles. The fraction of sp³-hybridized carbons (Fsp3) is 0.375. The van der Waals surface area contributed by atoms with Gasteiger partial charge in [0.25, 0.3) is 0 Å². The second-order valence-corrected chi connectivity index (χ2v) is 12.8. The highest BCUT2D eigenvalue weighted by Gasteiger charge is 2.66. The number of β-lactam (4-membered cyclic amide) rings is 1. The van der Waals surface area contributed by atoms with E-state index in [9.17, 15) is 14.4 Å². The van der Waals surface area contributed by atoms with Gasteiger partial charge in [0, 0.05) is 12.2 Å². The first-order valence-electron chi connectivity index (χ1n) is 10.9. The Kier molecular flexibility index (Phi) is 7.76. The molecule has 11 heteroatoms. The van der Waals surface area contributed by atoms with Crippen molar-refractivity contribution in [3.8, 4) is 0 Å². The summed E-state index contributed by atoms with van der Waals surface area (Å²) in [5.41, 5.74) is 1.72. The predicted octanol–water partition coefficient (Wildman–Crippen LogP) is 3.78. The minimum Gasteiger partial charge on any atom is -0.460 e. The number of nitrogens with one attached hydrogen (secondary N) is 2. The van der Waals surface area contributed by atoms with Crippen LogP contribution in [0.25, 0.3) is 0 Å². The molecule has 2 N–H and O–H groups in total. The van der Waals surface area contributed by atoms with E-state index >= 15 is 0 Å². The second-order valence-electron chi connectivity index (χ2n) is 8.62. The van der Waals surface area contributed by atoms with Gasteiger partial charge in [-0.1, -0.05) is 83.3 Å². The minimum atomic E-state index is -1.77. The van der Waals surface area contributed by atoms with Crippen LogP contribution >= 0.6 is 46.6 Å². The Balaban J connectivity index is 1.49. The summed E-state index contributed by atoms with van der Waals surface area (Å²) in [6.07, 6.45) is 0.156. The average molecular weight is 557 g/mol. The first-order valence-corrected chi connectivity index (χ1v) is 12.9. The van der Waals surface area contributed by atoms with Crippen molar-refractivity contribution in [2.24, 2.45) is 0 Å². The summed E-state index contributed by atoms with van der Waals surface area (Å²) in [5, 5.41) is 5.73. The molecular weight excluding hydrogens is 533 g/mol. The van der Waals surface area contributed by atoms with Crippen molar-refractivity contribution >= 4 is 70.0 Å². The summed E-state index contributed by atoms with van der Waals surface area (Å²) in [7, 11) is 0. The highest BCUT2D eigenvalue weighted by atomic mass is 35.6. The van der Waals surface area contributed by atoms with Crippen LogP contribution in [-0.2, 0) is 25.5 Å². The Labute approximate surface area is 222 Å². The van der Waals surface area contributed by atoms with Crippen LogP contribution in [0.4, 0.5) is 5.69 Å². The summed E-state index contributed by atoms with van der Waals surface area (Å²) in [5.74, 6) is -1.27. The summed E-state index contributed by atoms with van der Waals surface area (Å²) >= 11 is 18.7. The molecule has 2 aliphatic rings. The number of ether oxygens (including phenoxy) is 1. The van der Waals surface area contributed by atoms with Crippen molar-refractivity contribution in [1.29, 1.82) is 0 Å². The van der Waals surface area contributed by atoms with Gasteiger partial charge in [0.1, 0.15) is 24.1 Å². The monoisotopic (exact) mass is 555 g/mol. The number of thioether (sulfide) groups is 1. The molecule has 2 amide bonds. The van der Waals surface area contributed by atoms with Gasteiger partial charge in [-0.15, -0.1) is 11.8 Å². The second kappa shape index (κ2) is 10.5. The number of nitrogens with zero attached hydrogens (tertiary/aromatic N) is 1. The fourth-order valence-electron chi connectivity index (χ4n) is 4.23. The van der Waals surface area contributed by atoms with Gasteiger partial charge in [-0.25, -0.2) is 4.79 Å². The maximum Gasteiger partial charge on any atom is 0.330 e. The highest BCUT2D eigenvalue weighted by molar-refractivity contribution is 8.01. The van der Waals surface area contributed by atoms with E-state index in [1.54, 1.807) is 0 Å². The van der Waals surface area contributed by atoms with E-state index in [4.69, 9.17) is 39.5 Å². The number of fused-ring (bicyclic) bond motifs is 1. The number of carbonyl (C=O) groups is 3. The Morgan fingerprint density at radius 2 is 1.71 bits per heavy atom. The molecular formula is C24H24Cl3N3O4S. The van der Waals surface area contributed by atoms with E-state index in [1.807, 2.05) is 67.6 Å². The standard InChI is InChI=1S/C24H24Cl3N3O4S/c1-23(13-28-16-10-6-3-7-11-16)19(22(33)34-14-24(25,26)27)30-20(32)18(21(30)35-23)29-17(31)12-15-8-4-2-5-9-15/h2-11,18-19,21,28H,12-14H2,1H3,(H,29,31)/t18?,19?,21-,23?/m1/s1. The number of esters is 1. The molecule has 4 rings (SSSR count). The van der Waals surface area contributed by atoms with Crippen LogP contribution in [0.5, 0.6) is 0 Å². The van der Waals surface area contributed by atoms with Gasteiger partial charge in [0.2, 0.25) is 15.6 Å². The number of rotatable bonds is 8. The van der Waals surface area contributed by atoms with Gasteiger partial charge in [0.05, 0.1) is 11.2 Å². The van der Waals surface area contributed by atoms with Gasteiger partial charge >= 0.3 is 5.97 Å². The van der Waals surface area contributed by atoms with Crippen molar-refractivity contribution < 1.29 is 19.1 Å². The number of benzene rings is 2. The maximum absolute atomic E-state index is 13.1. The van der Waals surface area contributed by atoms with E-state index in [0.29, 0.717) is 6.54 Å². The minimum absolute atomic E-state index is 0.156. The van der Waals surface area contributed by atoms with Gasteiger partial charge < -0.3 is 20.3 Å². The van der Waals surface area contributed by atoms with Crippen LogP contribution in [0.3, 0.4) is 0 Å². The van der Waals surface area contributed by atoms with Gasteiger partial charge in [-0.05, 0) is 24.6 Å². The van der Waals surface area contributed by atoms with E-state index in [1.165, 1.54) is 16.7 Å². The molecule has 2 aromatic carbocycles. The normalized spacial score (nSPS) is 25.4. The SMILES string of the molecule is CC1(CNc2ccccc2)S[C@@H]2C(NC(=O)Cc3ccccc3)C(=O)N2C1C(=O)OCC(Cl)(Cl)Cl. The Morgan fingerprint density at radius 3 is 2.34 bits per heavy atom. The maximum atomic E-state index is 13.1. The smallest absolute Gasteiger partial charge is 0.330 e. The predicted molar refractivity (Wildman–Crippen MR) is 139 cm³/mol. The zero-order chi connectivity index (χ0) is 25.2. The van der Waals surface area contributed by atoms with E-state index < -0.39 is 38.6 Å². The van der Waals surface area contributed by atoms with Gasteiger partial charge in [0.15, 0.2) is 0 Å². The van der Waals surface area contributed by atoms with E-state index in [2.05, 4.69) is 10.6 Å². The van der Waals surface area contributed by atoms with E-state index in [-0.39, 0.29) is 18.2 Å². The van der Waals surface area contributed by atoms with Crippen LogP contribution in [0.1, 0.15) is 12.5 Å². The number of carbonyl (C=O) groups excluding carboxylic acids is 3. The highest BCUT2D eigenvalue weighted by Crippen LogP contribution is 2.51. The lowest BCUT2D eigenvalue weighted by atomic mass is 9.94. The summed E-state index contributed by atoms with van der Waals surface area (Å²) in [6, 6.07) is 17.1. The van der Waals surface area contributed by atoms with Crippen molar-refractivity contribution in [2.75, 3.05) is 18.5 Å². The third kappa shape index (κ3) is 6.00. The summed E-state index contributed by atoms with van der Waals surface area (Å²) in [4.78, 5) is 40.3. The number of halogens is 3. The molecule has 35 heavy (non-hydrogen) atoms. The Morgan fingerprint density at radius 1 is 1.09 bits per heavy atom. The lowest BCUT2D eigenvalue weighted by Gasteiger charge is -2.44. The van der Waals surface area contributed by atoms with Crippen molar-refractivity contribution in [2.45, 2.75) is 39.3 Å². The number of hydrogen-bond acceptors (Lipinski definition) is 6. The molecule has 2 aliphatic heterocycles. The van der Waals surface area contributed by atoms with Crippen LogP contribution < -0.4 is 10.6 Å². The van der Waals surface area contributed by atoms with Crippen LogP contribution in [0.2, 0.25) is 0 Å². The molecule has 4 atom stereocenters. The largest absolute Gasteiger partial charge is 0.460 e. The van der Waals surface area contributed by atoms with Crippen LogP contribution in [0.15, 0.2) is 60.7 Å². The number of amides is 2.